The summed E-state index contributed by atoms with van der Waals surface area (Å²) in [6, 6.07) is 1.86. The molecule has 19 heavy (non-hydrogen) atoms. The van der Waals surface area contributed by atoms with Gasteiger partial charge in [-0.2, -0.15) is 0 Å². The lowest BCUT2D eigenvalue weighted by molar-refractivity contribution is -0.380. The van der Waals surface area contributed by atoms with Gasteiger partial charge in [-0.3, -0.25) is 14.9 Å². The molecule has 0 bridgehead atoms. The number of nitrogens with zero attached hydrogens (tertiary/aromatic N) is 1. The highest BCUT2D eigenvalue weighted by Gasteiger charge is 2.22. The van der Waals surface area contributed by atoms with Crippen LogP contribution in [-0.4, -0.2) is 29.5 Å². The Balaban J connectivity index is 0.00000180. The topological polar surface area (TPSA) is 84.3 Å². The van der Waals surface area contributed by atoms with Crippen LogP contribution in [0.2, 0.25) is 0 Å². The Labute approximate surface area is 121 Å². The number of hydrogen-bond acceptors (Lipinski definition) is 5. The van der Waals surface area contributed by atoms with Gasteiger partial charge in [-0.25, -0.2) is 0 Å². The van der Waals surface area contributed by atoms with Crippen molar-refractivity contribution >= 4 is 34.7 Å². The lowest BCUT2D eigenvalue weighted by Gasteiger charge is -2.28. The summed E-state index contributed by atoms with van der Waals surface area (Å²) in [5.41, 5.74) is 0.373. The van der Waals surface area contributed by atoms with E-state index in [-0.39, 0.29) is 29.4 Å². The van der Waals surface area contributed by atoms with E-state index in [2.05, 4.69) is 17.6 Å². The first-order valence-electron chi connectivity index (χ1n) is 5.83. The minimum atomic E-state index is -0.478. The van der Waals surface area contributed by atoms with Gasteiger partial charge in [0.1, 0.15) is 0 Å². The quantitative estimate of drug-likeness (QED) is 0.660. The van der Waals surface area contributed by atoms with Crippen molar-refractivity contribution in [3.05, 3.63) is 27.1 Å². The summed E-state index contributed by atoms with van der Waals surface area (Å²) >= 11 is 0.976. The number of thiophene rings is 1. The molecule has 1 amide bonds. The summed E-state index contributed by atoms with van der Waals surface area (Å²) in [7, 11) is 0. The predicted octanol–water partition coefficient (Wildman–Crippen LogP) is 1.95. The minimum absolute atomic E-state index is 0. The molecule has 106 valence electrons. The average molecular weight is 306 g/mol. The molecule has 0 radical (unpaired) electrons. The normalized spacial score (nSPS) is 22.4. The summed E-state index contributed by atoms with van der Waals surface area (Å²) in [5.74, 6) is -0.224. The van der Waals surface area contributed by atoms with Gasteiger partial charge < -0.3 is 10.6 Å². The molecule has 0 aromatic carbocycles. The largest absolute Gasteiger partial charge is 0.349 e. The standard InChI is InChI=1S/C11H15N3O3S.ClH/c1-7-4-9(2-3-12-7)13-11(15)8-5-10(14(16)17)18-6-8;/h5-7,9,12H,2-4H2,1H3,(H,13,15);1H. The zero-order valence-electron chi connectivity index (χ0n) is 10.4. The van der Waals surface area contributed by atoms with Crippen molar-refractivity contribution in [1.82, 2.24) is 10.6 Å². The van der Waals surface area contributed by atoms with Gasteiger partial charge in [0, 0.05) is 23.5 Å². The Bertz CT molecular complexity index is 466. The number of carbonyl (C=O) groups excluding carboxylic acids is 1. The third kappa shape index (κ3) is 4.15. The van der Waals surface area contributed by atoms with Crippen LogP contribution in [0.3, 0.4) is 0 Å². The molecule has 1 aliphatic rings. The van der Waals surface area contributed by atoms with Gasteiger partial charge in [-0.1, -0.05) is 11.3 Å². The minimum Gasteiger partial charge on any atom is -0.349 e. The first kappa shape index (κ1) is 15.9. The predicted molar refractivity (Wildman–Crippen MR) is 76.2 cm³/mol. The number of rotatable bonds is 3. The van der Waals surface area contributed by atoms with E-state index in [1.165, 1.54) is 11.4 Å². The van der Waals surface area contributed by atoms with Crippen LogP contribution >= 0.6 is 23.7 Å². The second kappa shape index (κ2) is 6.83. The summed E-state index contributed by atoms with van der Waals surface area (Å²) in [4.78, 5) is 22.0. The van der Waals surface area contributed by atoms with Crippen molar-refractivity contribution in [2.24, 2.45) is 0 Å². The SMILES string of the molecule is CC1CC(NC(=O)c2csc([N+](=O)[O-])c2)CCN1.Cl. The number of piperidine rings is 1. The second-order valence-corrected chi connectivity index (χ2v) is 5.37. The second-order valence-electron chi connectivity index (χ2n) is 4.48. The van der Waals surface area contributed by atoms with Gasteiger partial charge in [-0.15, -0.1) is 12.4 Å². The van der Waals surface area contributed by atoms with Gasteiger partial charge in [0.2, 0.25) is 0 Å². The Morgan fingerprint density at radius 1 is 1.63 bits per heavy atom. The molecule has 2 unspecified atom stereocenters. The smallest absolute Gasteiger partial charge is 0.324 e. The number of nitrogens with one attached hydrogen (secondary N) is 2. The molecule has 0 aliphatic carbocycles. The molecule has 2 heterocycles. The van der Waals surface area contributed by atoms with Gasteiger partial charge in [0.05, 0.1) is 10.5 Å². The molecule has 2 atom stereocenters. The maximum atomic E-state index is 11.9. The zero-order valence-corrected chi connectivity index (χ0v) is 12.1. The number of carbonyl (C=O) groups is 1. The molecule has 0 spiro atoms. The molecular formula is C11H16ClN3O3S. The summed E-state index contributed by atoms with van der Waals surface area (Å²) in [5, 5.41) is 18.3. The van der Waals surface area contributed by atoms with Crippen LogP contribution < -0.4 is 10.6 Å². The van der Waals surface area contributed by atoms with E-state index >= 15 is 0 Å². The summed E-state index contributed by atoms with van der Waals surface area (Å²) < 4.78 is 0. The van der Waals surface area contributed by atoms with Crippen LogP contribution in [0.1, 0.15) is 30.1 Å². The molecule has 2 N–H and O–H groups in total. The van der Waals surface area contributed by atoms with Gasteiger partial charge in [0.25, 0.3) is 5.91 Å². The third-order valence-electron chi connectivity index (χ3n) is 2.99. The van der Waals surface area contributed by atoms with Gasteiger partial charge in [0.15, 0.2) is 0 Å². The third-order valence-corrected chi connectivity index (χ3v) is 3.87. The summed E-state index contributed by atoms with van der Waals surface area (Å²) in [6.07, 6.45) is 1.78. The zero-order chi connectivity index (χ0) is 13.1. The lowest BCUT2D eigenvalue weighted by Crippen LogP contribution is -2.46. The molecular weight excluding hydrogens is 290 g/mol. The van der Waals surface area contributed by atoms with Crippen LogP contribution in [0.25, 0.3) is 0 Å². The molecule has 8 heteroatoms. The van der Waals surface area contributed by atoms with E-state index in [0.29, 0.717) is 11.6 Å². The first-order valence-corrected chi connectivity index (χ1v) is 6.71. The number of nitro groups is 1. The summed E-state index contributed by atoms with van der Waals surface area (Å²) in [6.45, 7) is 2.96. The first-order chi connectivity index (χ1) is 8.56. The molecule has 1 fully saturated rings. The Morgan fingerprint density at radius 2 is 2.37 bits per heavy atom. The van der Waals surface area contributed by atoms with Crippen molar-refractivity contribution in [2.45, 2.75) is 31.8 Å². The maximum Gasteiger partial charge on any atom is 0.324 e. The fourth-order valence-electron chi connectivity index (χ4n) is 2.07. The molecule has 1 saturated heterocycles. The van der Waals surface area contributed by atoms with Gasteiger partial charge in [-0.05, 0) is 26.3 Å². The van der Waals surface area contributed by atoms with Crippen molar-refractivity contribution in [1.29, 1.82) is 0 Å². The van der Waals surface area contributed by atoms with Crippen LogP contribution in [0.5, 0.6) is 0 Å². The Kier molecular flexibility index (Phi) is 5.71. The molecule has 1 aromatic heterocycles. The highest BCUT2D eigenvalue weighted by Crippen LogP contribution is 2.22. The van der Waals surface area contributed by atoms with Crippen LogP contribution in [0, 0.1) is 10.1 Å². The highest BCUT2D eigenvalue weighted by atomic mass is 35.5. The van der Waals surface area contributed by atoms with Crippen LogP contribution in [-0.2, 0) is 0 Å². The fourth-order valence-corrected chi connectivity index (χ4v) is 2.78. The highest BCUT2D eigenvalue weighted by molar-refractivity contribution is 7.13. The van der Waals surface area contributed by atoms with Crippen molar-refractivity contribution in [3.63, 3.8) is 0 Å². The monoisotopic (exact) mass is 305 g/mol. The fraction of sp³-hybridized carbons (Fsp3) is 0.545. The van der Waals surface area contributed by atoms with E-state index in [4.69, 9.17) is 0 Å². The van der Waals surface area contributed by atoms with Crippen molar-refractivity contribution in [3.8, 4) is 0 Å². The van der Waals surface area contributed by atoms with Crippen LogP contribution in [0.4, 0.5) is 5.00 Å². The molecule has 2 rings (SSSR count). The van der Waals surface area contributed by atoms with Crippen molar-refractivity contribution in [2.75, 3.05) is 6.54 Å². The van der Waals surface area contributed by atoms with Crippen molar-refractivity contribution < 1.29 is 9.72 Å². The number of halogens is 1. The Morgan fingerprint density at radius 3 is 2.95 bits per heavy atom. The Hall–Kier alpha value is -1.18. The lowest BCUT2D eigenvalue weighted by atomic mass is 10.0. The molecule has 6 nitrogen and oxygen atoms in total. The average Bonchev–Trinajstić information content (AvgIpc) is 2.78. The molecule has 0 saturated carbocycles. The molecule has 1 aliphatic heterocycles. The molecule has 1 aromatic rings. The van der Waals surface area contributed by atoms with E-state index in [0.717, 1.165) is 30.7 Å². The number of amides is 1. The van der Waals surface area contributed by atoms with Crippen LogP contribution in [0.15, 0.2) is 11.4 Å². The van der Waals surface area contributed by atoms with Gasteiger partial charge >= 0.3 is 5.00 Å². The van der Waals surface area contributed by atoms with E-state index in [1.807, 2.05) is 0 Å². The van der Waals surface area contributed by atoms with E-state index in [1.54, 1.807) is 0 Å². The maximum absolute atomic E-state index is 11.9. The van der Waals surface area contributed by atoms with E-state index < -0.39 is 4.92 Å². The van der Waals surface area contributed by atoms with E-state index in [9.17, 15) is 14.9 Å². The number of hydrogen-bond donors (Lipinski definition) is 2.